The average molecular weight is 338 g/mol. The summed E-state index contributed by atoms with van der Waals surface area (Å²) in [5.74, 6) is 2.04. The molecule has 2 rings (SSSR count). The normalized spacial score (nSPS) is 15.3. The number of hydrogen-bond acceptors (Lipinski definition) is 4. The first kappa shape index (κ1) is 17.2. The van der Waals surface area contributed by atoms with E-state index in [9.17, 15) is 9.59 Å². The fourth-order valence-electron chi connectivity index (χ4n) is 2.06. The van der Waals surface area contributed by atoms with Crippen LogP contribution in [0.4, 0.5) is 0 Å². The molecular weight excluding hydrogens is 316 g/mol. The molecule has 0 unspecified atom stereocenters. The highest BCUT2D eigenvalue weighted by Gasteiger charge is 2.17. The van der Waals surface area contributed by atoms with Gasteiger partial charge in [-0.2, -0.15) is 0 Å². The van der Waals surface area contributed by atoms with Gasteiger partial charge in [0.1, 0.15) is 0 Å². The Hall–Kier alpha value is -1.14. The Balaban J connectivity index is 1.84. The molecule has 0 aliphatic carbocycles. The van der Waals surface area contributed by atoms with Gasteiger partial charge in [-0.15, -0.1) is 23.5 Å². The van der Waals surface area contributed by atoms with E-state index in [0.717, 1.165) is 6.42 Å². The third-order valence-electron chi connectivity index (χ3n) is 3.25. The lowest BCUT2D eigenvalue weighted by molar-refractivity contribution is -0.120. The molecule has 4 nitrogen and oxygen atoms in total. The Bertz CT molecular complexity index is 499. The van der Waals surface area contributed by atoms with E-state index in [0.29, 0.717) is 16.7 Å². The summed E-state index contributed by atoms with van der Waals surface area (Å²) in [5, 5.41) is 5.38. The van der Waals surface area contributed by atoms with E-state index in [1.54, 1.807) is 0 Å². The number of hydrogen-bond donors (Lipinski definition) is 2. The maximum atomic E-state index is 12.0. The number of rotatable bonds is 6. The Morgan fingerprint density at radius 2 is 1.82 bits per heavy atom. The van der Waals surface area contributed by atoms with Gasteiger partial charge in [0.15, 0.2) is 0 Å². The second-order valence-electron chi connectivity index (χ2n) is 5.08. The molecule has 0 aromatic heterocycles. The molecule has 2 amide bonds. The van der Waals surface area contributed by atoms with Gasteiger partial charge in [-0.05, 0) is 42.0 Å². The topological polar surface area (TPSA) is 58.2 Å². The van der Waals surface area contributed by atoms with Crippen molar-refractivity contribution in [3.8, 4) is 0 Å². The minimum absolute atomic E-state index is 0.0227. The van der Waals surface area contributed by atoms with Crippen molar-refractivity contribution in [3.63, 3.8) is 0 Å². The second kappa shape index (κ2) is 9.10. The lowest BCUT2D eigenvalue weighted by Crippen LogP contribution is -2.37. The number of benzene rings is 1. The van der Waals surface area contributed by atoms with E-state index in [4.69, 9.17) is 0 Å². The van der Waals surface area contributed by atoms with Crippen LogP contribution in [0.2, 0.25) is 0 Å². The van der Waals surface area contributed by atoms with Crippen LogP contribution in [0.25, 0.3) is 0 Å². The number of carbonyl (C=O) groups is 2. The molecule has 1 aliphatic rings. The van der Waals surface area contributed by atoms with Crippen LogP contribution in [0.15, 0.2) is 24.3 Å². The molecule has 1 aliphatic heterocycles. The van der Waals surface area contributed by atoms with Crippen LogP contribution in [0.1, 0.15) is 40.3 Å². The predicted molar refractivity (Wildman–Crippen MR) is 94.3 cm³/mol. The molecule has 1 heterocycles. The van der Waals surface area contributed by atoms with Gasteiger partial charge in [0.05, 0.1) is 11.1 Å². The number of nitrogens with one attached hydrogen (secondary N) is 2. The fourth-order valence-corrected chi connectivity index (χ4v) is 4.96. The highest BCUT2D eigenvalue weighted by molar-refractivity contribution is 8.16. The van der Waals surface area contributed by atoms with Crippen molar-refractivity contribution < 1.29 is 9.59 Å². The van der Waals surface area contributed by atoms with Gasteiger partial charge in [-0.25, -0.2) is 0 Å². The zero-order valence-electron chi connectivity index (χ0n) is 12.8. The zero-order valence-corrected chi connectivity index (χ0v) is 14.4. The number of carbonyl (C=O) groups excluding carboxylic acids is 2. The van der Waals surface area contributed by atoms with Crippen molar-refractivity contribution in [2.24, 2.45) is 0 Å². The summed E-state index contributed by atoms with van der Waals surface area (Å²) >= 11 is 3.92. The van der Waals surface area contributed by atoms with Crippen LogP contribution in [0.5, 0.6) is 0 Å². The van der Waals surface area contributed by atoms with Gasteiger partial charge in [0.2, 0.25) is 5.91 Å². The summed E-state index contributed by atoms with van der Waals surface area (Å²) in [5.41, 5.74) is 1.85. The predicted octanol–water partition coefficient (Wildman–Crippen LogP) is 2.81. The van der Waals surface area contributed by atoms with Gasteiger partial charge in [0.25, 0.3) is 5.91 Å². The lowest BCUT2D eigenvalue weighted by atomic mass is 10.1. The van der Waals surface area contributed by atoms with Crippen molar-refractivity contribution in [2.45, 2.75) is 24.3 Å². The molecule has 1 fully saturated rings. The first-order chi connectivity index (χ1) is 10.7. The molecule has 0 spiro atoms. The molecule has 1 aromatic rings. The van der Waals surface area contributed by atoms with Crippen LogP contribution in [0.3, 0.4) is 0 Å². The van der Waals surface area contributed by atoms with E-state index in [2.05, 4.69) is 10.6 Å². The zero-order chi connectivity index (χ0) is 15.8. The van der Waals surface area contributed by atoms with Crippen LogP contribution in [-0.2, 0) is 4.79 Å². The standard InChI is InChI=1S/C16H22N2O2S2/c1-2-8-17-14(19)11-18-15(20)12-4-6-13(7-5-12)16-21-9-3-10-22-16/h4-7,16H,2-3,8-11H2,1H3,(H,17,19)(H,18,20). The molecule has 6 heteroatoms. The van der Waals surface area contributed by atoms with E-state index < -0.39 is 0 Å². The van der Waals surface area contributed by atoms with Crippen molar-refractivity contribution in [1.82, 2.24) is 10.6 Å². The van der Waals surface area contributed by atoms with E-state index in [1.165, 1.54) is 23.5 Å². The number of thioether (sulfide) groups is 2. The third-order valence-corrected chi connectivity index (χ3v) is 6.27. The largest absolute Gasteiger partial charge is 0.355 e. The highest BCUT2D eigenvalue weighted by atomic mass is 32.2. The smallest absolute Gasteiger partial charge is 0.251 e. The molecule has 0 saturated carbocycles. The van der Waals surface area contributed by atoms with Crippen LogP contribution < -0.4 is 10.6 Å². The molecule has 2 N–H and O–H groups in total. The summed E-state index contributed by atoms with van der Waals surface area (Å²) in [6.07, 6.45) is 2.16. The Labute approximate surface area is 140 Å². The Kier molecular flexibility index (Phi) is 7.12. The van der Waals surface area contributed by atoms with Crippen molar-refractivity contribution >= 4 is 35.3 Å². The van der Waals surface area contributed by atoms with E-state index in [1.807, 2.05) is 54.7 Å². The molecular formula is C16H22N2O2S2. The SMILES string of the molecule is CCCNC(=O)CNC(=O)c1ccc(C2SCCCS2)cc1. The molecule has 0 bridgehead atoms. The van der Waals surface area contributed by atoms with Gasteiger partial charge < -0.3 is 10.6 Å². The summed E-state index contributed by atoms with van der Waals surface area (Å²) < 4.78 is 0.477. The average Bonchev–Trinajstić information content (AvgIpc) is 2.58. The fraction of sp³-hybridized carbons (Fsp3) is 0.500. The monoisotopic (exact) mass is 338 g/mol. The van der Waals surface area contributed by atoms with Gasteiger partial charge in [-0.3, -0.25) is 9.59 Å². The molecule has 1 aromatic carbocycles. The summed E-state index contributed by atoms with van der Waals surface area (Å²) in [4.78, 5) is 23.5. The Morgan fingerprint density at radius 1 is 1.14 bits per heavy atom. The van der Waals surface area contributed by atoms with Gasteiger partial charge in [-0.1, -0.05) is 19.1 Å². The maximum absolute atomic E-state index is 12.0. The van der Waals surface area contributed by atoms with E-state index >= 15 is 0 Å². The summed E-state index contributed by atoms with van der Waals surface area (Å²) in [6.45, 7) is 2.65. The van der Waals surface area contributed by atoms with Crippen molar-refractivity contribution in [3.05, 3.63) is 35.4 Å². The van der Waals surface area contributed by atoms with E-state index in [-0.39, 0.29) is 18.4 Å². The first-order valence-corrected chi connectivity index (χ1v) is 9.68. The van der Waals surface area contributed by atoms with Crippen LogP contribution in [0, 0.1) is 0 Å². The quantitative estimate of drug-likeness (QED) is 0.837. The third kappa shape index (κ3) is 5.25. The molecule has 120 valence electrons. The minimum Gasteiger partial charge on any atom is -0.355 e. The van der Waals surface area contributed by atoms with Crippen molar-refractivity contribution in [2.75, 3.05) is 24.6 Å². The molecule has 0 atom stereocenters. The molecule has 0 radical (unpaired) electrons. The molecule has 22 heavy (non-hydrogen) atoms. The molecule has 1 saturated heterocycles. The maximum Gasteiger partial charge on any atom is 0.251 e. The highest BCUT2D eigenvalue weighted by Crippen LogP contribution is 2.43. The van der Waals surface area contributed by atoms with Gasteiger partial charge >= 0.3 is 0 Å². The van der Waals surface area contributed by atoms with Gasteiger partial charge in [0, 0.05) is 12.1 Å². The van der Waals surface area contributed by atoms with Crippen LogP contribution >= 0.6 is 23.5 Å². The second-order valence-corrected chi connectivity index (χ2v) is 7.81. The first-order valence-electron chi connectivity index (χ1n) is 7.58. The van der Waals surface area contributed by atoms with Crippen LogP contribution in [-0.4, -0.2) is 36.4 Å². The Morgan fingerprint density at radius 3 is 2.45 bits per heavy atom. The number of amides is 2. The minimum atomic E-state index is -0.206. The summed E-state index contributed by atoms with van der Waals surface area (Å²) in [7, 11) is 0. The lowest BCUT2D eigenvalue weighted by Gasteiger charge is -2.21. The summed E-state index contributed by atoms with van der Waals surface area (Å²) in [6, 6.07) is 7.71. The van der Waals surface area contributed by atoms with Crippen molar-refractivity contribution in [1.29, 1.82) is 0 Å².